The van der Waals surface area contributed by atoms with Crippen LogP contribution in [0.4, 0.5) is 11.5 Å². The molecule has 34 heavy (non-hydrogen) atoms. The van der Waals surface area contributed by atoms with Crippen molar-refractivity contribution >= 4 is 28.2 Å². The molecule has 1 saturated carbocycles. The number of anilines is 2. The van der Waals surface area contributed by atoms with E-state index in [1.54, 1.807) is 6.07 Å². The fourth-order valence-corrected chi connectivity index (χ4v) is 4.72. The number of pyridine rings is 1. The van der Waals surface area contributed by atoms with Crippen LogP contribution in [0.25, 0.3) is 10.9 Å². The molecule has 0 unspecified atom stereocenters. The first kappa shape index (κ1) is 22.5. The number of rotatable bonds is 7. The van der Waals surface area contributed by atoms with Gasteiger partial charge in [0.15, 0.2) is 5.78 Å². The number of ether oxygens (including phenoxy) is 2. The molecular weight excluding hydrogens is 430 g/mol. The third kappa shape index (κ3) is 5.12. The molecule has 1 aromatic carbocycles. The van der Waals surface area contributed by atoms with Crippen LogP contribution >= 0.6 is 0 Å². The molecule has 0 amide bonds. The van der Waals surface area contributed by atoms with Gasteiger partial charge in [-0.1, -0.05) is 13.0 Å². The van der Waals surface area contributed by atoms with E-state index in [1.165, 1.54) is 6.33 Å². The van der Waals surface area contributed by atoms with Gasteiger partial charge in [0, 0.05) is 55.0 Å². The molecule has 5 rings (SSSR count). The highest BCUT2D eigenvalue weighted by Crippen LogP contribution is 2.34. The van der Waals surface area contributed by atoms with Gasteiger partial charge >= 0.3 is 0 Å². The number of benzene rings is 1. The largest absolute Gasteiger partial charge is 0.488 e. The summed E-state index contributed by atoms with van der Waals surface area (Å²) in [5, 5.41) is 4.57. The molecular formula is C26H31N5O3. The molecule has 3 heterocycles. The lowest BCUT2D eigenvalue weighted by Gasteiger charge is -2.31. The Kier molecular flexibility index (Phi) is 6.85. The average molecular weight is 462 g/mol. The fraction of sp³-hybridized carbons (Fsp3) is 0.462. The minimum absolute atomic E-state index is 0.0303. The summed E-state index contributed by atoms with van der Waals surface area (Å²) in [6, 6.07) is 10.5. The fourth-order valence-electron chi connectivity index (χ4n) is 4.72. The Morgan fingerprint density at radius 1 is 1.12 bits per heavy atom. The first-order valence-electron chi connectivity index (χ1n) is 12.2. The Bertz CT molecular complexity index is 1140. The highest BCUT2D eigenvalue weighted by molar-refractivity contribution is 5.94. The lowest BCUT2D eigenvalue weighted by atomic mass is 9.93. The second kappa shape index (κ2) is 10.3. The molecule has 0 atom stereocenters. The summed E-state index contributed by atoms with van der Waals surface area (Å²) in [5.74, 6) is 1.60. The smallest absolute Gasteiger partial charge is 0.181 e. The van der Waals surface area contributed by atoms with Gasteiger partial charge in [-0.2, -0.15) is 0 Å². The third-order valence-electron chi connectivity index (χ3n) is 6.62. The number of hydrogen-bond acceptors (Lipinski definition) is 8. The maximum Gasteiger partial charge on any atom is 0.181 e. The summed E-state index contributed by atoms with van der Waals surface area (Å²) in [5.41, 5.74) is 2.54. The van der Waals surface area contributed by atoms with E-state index in [9.17, 15) is 4.79 Å². The van der Waals surface area contributed by atoms with Gasteiger partial charge in [0.05, 0.1) is 19.3 Å². The number of morpholine rings is 1. The van der Waals surface area contributed by atoms with Crippen LogP contribution < -0.4 is 15.0 Å². The maximum absolute atomic E-state index is 11.9. The van der Waals surface area contributed by atoms with Crippen molar-refractivity contribution < 1.29 is 14.3 Å². The number of carbonyl (C=O) groups is 1. The van der Waals surface area contributed by atoms with Crippen LogP contribution in [-0.2, 0) is 4.74 Å². The van der Waals surface area contributed by atoms with E-state index in [-0.39, 0.29) is 11.9 Å². The summed E-state index contributed by atoms with van der Waals surface area (Å²) in [7, 11) is 0. The normalized spacial score (nSPS) is 20.8. The van der Waals surface area contributed by atoms with Crippen LogP contribution in [0.2, 0.25) is 0 Å². The molecule has 2 aromatic heterocycles. The topological polar surface area (TPSA) is 89.5 Å². The zero-order chi connectivity index (χ0) is 23.3. The molecule has 0 spiro atoms. The highest BCUT2D eigenvalue weighted by Gasteiger charge is 2.24. The number of ketones is 1. The summed E-state index contributed by atoms with van der Waals surface area (Å²) in [4.78, 5) is 27.3. The molecule has 8 nitrogen and oxygen atoms in total. The summed E-state index contributed by atoms with van der Waals surface area (Å²) < 4.78 is 12.1. The van der Waals surface area contributed by atoms with Crippen LogP contribution in [-0.4, -0.2) is 59.2 Å². The second-order valence-corrected chi connectivity index (χ2v) is 8.92. The van der Waals surface area contributed by atoms with Gasteiger partial charge in [-0.25, -0.2) is 9.97 Å². The summed E-state index contributed by atoms with van der Waals surface area (Å²) in [6.07, 6.45) is 7.70. The van der Waals surface area contributed by atoms with E-state index in [4.69, 9.17) is 9.47 Å². The minimum Gasteiger partial charge on any atom is -0.488 e. The molecule has 1 aliphatic heterocycles. The SMILES string of the molecule is CCC(=O)c1cc(NC2CCC(Oc3cc(N4CCOCC4)cc4cccnc34)CC2)ncn1. The van der Waals surface area contributed by atoms with E-state index < -0.39 is 0 Å². The Balaban J connectivity index is 1.25. The third-order valence-corrected chi connectivity index (χ3v) is 6.62. The molecule has 3 aromatic rings. The molecule has 8 heteroatoms. The quantitative estimate of drug-likeness (QED) is 0.522. The van der Waals surface area contributed by atoms with Crippen molar-refractivity contribution in [3.8, 4) is 5.75 Å². The van der Waals surface area contributed by atoms with E-state index in [0.717, 1.165) is 74.3 Å². The zero-order valence-electron chi connectivity index (χ0n) is 19.6. The minimum atomic E-state index is 0.0303. The number of fused-ring (bicyclic) bond motifs is 1. The summed E-state index contributed by atoms with van der Waals surface area (Å²) >= 11 is 0. The Hall–Kier alpha value is -3.26. The first-order valence-corrected chi connectivity index (χ1v) is 12.2. The van der Waals surface area contributed by atoms with E-state index in [2.05, 4.69) is 43.4 Å². The molecule has 0 radical (unpaired) electrons. The van der Waals surface area contributed by atoms with Gasteiger partial charge in [-0.15, -0.1) is 0 Å². The van der Waals surface area contributed by atoms with Crippen molar-refractivity contribution in [2.75, 3.05) is 36.5 Å². The van der Waals surface area contributed by atoms with Crippen molar-refractivity contribution in [1.29, 1.82) is 0 Å². The summed E-state index contributed by atoms with van der Waals surface area (Å²) in [6.45, 7) is 5.11. The number of aromatic nitrogens is 3. The number of Topliss-reactive ketones (excluding diaryl/α,β-unsaturated/α-hetero) is 1. The van der Waals surface area contributed by atoms with Crippen molar-refractivity contribution in [2.24, 2.45) is 0 Å². The lowest BCUT2D eigenvalue weighted by Crippen LogP contribution is -2.36. The Morgan fingerprint density at radius 3 is 2.74 bits per heavy atom. The average Bonchev–Trinajstić information content (AvgIpc) is 2.90. The molecule has 0 bridgehead atoms. The van der Waals surface area contributed by atoms with Gasteiger partial charge in [-0.3, -0.25) is 9.78 Å². The van der Waals surface area contributed by atoms with E-state index in [1.807, 2.05) is 19.2 Å². The molecule has 2 fully saturated rings. The molecule has 1 saturated heterocycles. The van der Waals surface area contributed by atoms with Crippen molar-refractivity contribution in [2.45, 2.75) is 51.2 Å². The maximum atomic E-state index is 11.9. The van der Waals surface area contributed by atoms with Gasteiger partial charge in [-0.05, 0) is 37.8 Å². The van der Waals surface area contributed by atoms with Crippen LogP contribution in [0.1, 0.15) is 49.5 Å². The highest BCUT2D eigenvalue weighted by atomic mass is 16.5. The number of carbonyl (C=O) groups excluding carboxylic acids is 1. The standard InChI is InChI=1S/C26H31N5O3/c1-2-23(32)22-16-25(29-17-28-22)30-19-5-7-21(8-6-19)34-24-15-20(31-10-12-33-13-11-31)14-18-4-3-9-27-26(18)24/h3-4,9,14-17,19,21H,2,5-8,10-13H2,1H3,(H,28,29,30). The lowest BCUT2D eigenvalue weighted by molar-refractivity contribution is 0.0983. The van der Waals surface area contributed by atoms with E-state index in [0.29, 0.717) is 24.0 Å². The predicted octanol–water partition coefficient (Wildman–Crippen LogP) is 4.26. The number of nitrogens with zero attached hydrogens (tertiary/aromatic N) is 4. The molecule has 178 valence electrons. The predicted molar refractivity (Wildman–Crippen MR) is 132 cm³/mol. The molecule has 1 aliphatic carbocycles. The van der Waals surface area contributed by atoms with Gasteiger partial charge in [0.1, 0.15) is 29.1 Å². The monoisotopic (exact) mass is 461 g/mol. The van der Waals surface area contributed by atoms with Crippen molar-refractivity contribution in [3.63, 3.8) is 0 Å². The van der Waals surface area contributed by atoms with Gasteiger partial charge < -0.3 is 19.7 Å². The Morgan fingerprint density at radius 2 is 1.94 bits per heavy atom. The zero-order valence-corrected chi connectivity index (χ0v) is 19.6. The van der Waals surface area contributed by atoms with Crippen LogP contribution in [0.15, 0.2) is 42.9 Å². The molecule has 2 aliphatic rings. The van der Waals surface area contributed by atoms with Crippen molar-refractivity contribution in [3.05, 3.63) is 48.5 Å². The van der Waals surface area contributed by atoms with E-state index >= 15 is 0 Å². The van der Waals surface area contributed by atoms with Crippen LogP contribution in [0, 0.1) is 0 Å². The number of nitrogens with one attached hydrogen (secondary N) is 1. The van der Waals surface area contributed by atoms with Crippen molar-refractivity contribution in [1.82, 2.24) is 15.0 Å². The van der Waals surface area contributed by atoms with Crippen LogP contribution in [0.3, 0.4) is 0 Å². The molecule has 1 N–H and O–H groups in total. The first-order chi connectivity index (χ1) is 16.7. The Labute approximate surface area is 199 Å². The van der Waals surface area contributed by atoms with Crippen LogP contribution in [0.5, 0.6) is 5.75 Å². The van der Waals surface area contributed by atoms with Gasteiger partial charge in [0.2, 0.25) is 0 Å². The second-order valence-electron chi connectivity index (χ2n) is 8.92. The number of hydrogen-bond donors (Lipinski definition) is 1. The van der Waals surface area contributed by atoms with Gasteiger partial charge in [0.25, 0.3) is 0 Å².